The minimum atomic E-state index is -0.260. The van der Waals surface area contributed by atoms with E-state index in [0.717, 1.165) is 5.76 Å². The number of hydrazine groups is 1. The molecule has 0 spiro atoms. The molecule has 3 N–H and O–H groups in total. The zero-order valence-corrected chi connectivity index (χ0v) is 16.6. The first-order chi connectivity index (χ1) is 14.1. The first-order valence-electron chi connectivity index (χ1n) is 10.3. The molecule has 0 bridgehead atoms. The molecule has 2 aliphatic heterocycles. The normalized spacial score (nSPS) is 25.1. The van der Waals surface area contributed by atoms with Crippen LogP contribution in [0.15, 0.2) is 53.1 Å². The van der Waals surface area contributed by atoms with Crippen molar-refractivity contribution in [2.75, 3.05) is 13.1 Å². The molecule has 4 rings (SSSR count). The summed E-state index contributed by atoms with van der Waals surface area (Å²) in [5.74, 6) is 0.967. The molecule has 29 heavy (non-hydrogen) atoms. The Morgan fingerprint density at radius 1 is 1.10 bits per heavy atom. The van der Waals surface area contributed by atoms with E-state index in [2.05, 4.69) is 35.2 Å². The molecule has 3 atom stereocenters. The van der Waals surface area contributed by atoms with Gasteiger partial charge in [-0.1, -0.05) is 37.3 Å². The van der Waals surface area contributed by atoms with Gasteiger partial charge in [-0.2, -0.15) is 0 Å². The first-order valence-corrected chi connectivity index (χ1v) is 10.3. The molecule has 2 aromatic rings. The second kappa shape index (κ2) is 8.80. The minimum Gasteiger partial charge on any atom is -0.467 e. The molecular formula is C22H28N4O3. The van der Waals surface area contributed by atoms with Crippen LogP contribution in [0.25, 0.3) is 0 Å². The average molecular weight is 396 g/mol. The van der Waals surface area contributed by atoms with Crippen molar-refractivity contribution in [2.45, 2.75) is 38.4 Å². The van der Waals surface area contributed by atoms with Crippen molar-refractivity contribution in [3.8, 4) is 0 Å². The predicted octanol–water partition coefficient (Wildman–Crippen LogP) is 1.99. The van der Waals surface area contributed by atoms with Gasteiger partial charge >= 0.3 is 0 Å². The van der Waals surface area contributed by atoms with E-state index < -0.39 is 0 Å². The molecule has 0 aliphatic carbocycles. The molecule has 1 aromatic heterocycles. The van der Waals surface area contributed by atoms with Crippen molar-refractivity contribution in [3.05, 3.63) is 60.1 Å². The highest BCUT2D eigenvalue weighted by Gasteiger charge is 2.40. The molecule has 154 valence electrons. The highest BCUT2D eigenvalue weighted by atomic mass is 16.3. The van der Waals surface area contributed by atoms with Gasteiger partial charge in [-0.15, -0.1) is 0 Å². The van der Waals surface area contributed by atoms with Crippen LogP contribution in [0.4, 0.5) is 0 Å². The van der Waals surface area contributed by atoms with Gasteiger partial charge in [0.25, 0.3) is 0 Å². The largest absolute Gasteiger partial charge is 0.467 e. The summed E-state index contributed by atoms with van der Waals surface area (Å²) in [5.41, 5.74) is 7.65. The van der Waals surface area contributed by atoms with E-state index in [0.29, 0.717) is 32.5 Å². The van der Waals surface area contributed by atoms with Gasteiger partial charge in [0, 0.05) is 24.9 Å². The Bertz CT molecular complexity index is 816. The van der Waals surface area contributed by atoms with Crippen molar-refractivity contribution in [2.24, 2.45) is 11.8 Å². The van der Waals surface area contributed by atoms with E-state index in [4.69, 9.17) is 4.42 Å². The maximum absolute atomic E-state index is 13.1. The highest BCUT2D eigenvalue weighted by Crippen LogP contribution is 2.30. The third kappa shape index (κ3) is 4.36. The third-order valence-electron chi connectivity index (χ3n) is 6.07. The summed E-state index contributed by atoms with van der Waals surface area (Å²) in [4.78, 5) is 27.3. The minimum absolute atomic E-state index is 0.0340. The molecule has 0 radical (unpaired) electrons. The summed E-state index contributed by atoms with van der Waals surface area (Å²) >= 11 is 0. The van der Waals surface area contributed by atoms with Crippen LogP contribution in [0.2, 0.25) is 0 Å². The lowest BCUT2D eigenvalue weighted by atomic mass is 9.89. The van der Waals surface area contributed by atoms with Gasteiger partial charge in [0.05, 0.1) is 18.8 Å². The van der Waals surface area contributed by atoms with Crippen molar-refractivity contribution >= 4 is 11.8 Å². The first kappa shape index (κ1) is 19.7. The fourth-order valence-corrected chi connectivity index (χ4v) is 4.26. The van der Waals surface area contributed by atoms with Gasteiger partial charge in [0.15, 0.2) is 0 Å². The van der Waals surface area contributed by atoms with E-state index in [1.54, 1.807) is 12.3 Å². The zero-order valence-electron chi connectivity index (χ0n) is 16.6. The fourth-order valence-electron chi connectivity index (χ4n) is 4.26. The maximum Gasteiger partial charge on any atom is 0.241 e. The molecule has 0 saturated carbocycles. The SMILES string of the molecule is CC1C(C(=O)N2CCC(C(=O)NCc3ccco3)CC2)NNC1c1ccccc1. The van der Waals surface area contributed by atoms with Crippen LogP contribution < -0.4 is 16.2 Å². The van der Waals surface area contributed by atoms with Gasteiger partial charge < -0.3 is 14.6 Å². The van der Waals surface area contributed by atoms with Gasteiger partial charge in [-0.3, -0.25) is 9.59 Å². The average Bonchev–Trinajstić information content (AvgIpc) is 3.42. The highest BCUT2D eigenvalue weighted by molar-refractivity contribution is 5.83. The molecule has 7 heteroatoms. The lowest BCUT2D eigenvalue weighted by Gasteiger charge is -2.33. The number of amides is 2. The second-order valence-corrected chi connectivity index (χ2v) is 7.91. The summed E-state index contributed by atoms with van der Waals surface area (Å²) in [6, 6.07) is 13.7. The van der Waals surface area contributed by atoms with E-state index in [-0.39, 0.29) is 35.7 Å². The maximum atomic E-state index is 13.1. The number of carbonyl (C=O) groups excluding carboxylic acids is 2. The van der Waals surface area contributed by atoms with Gasteiger partial charge in [-0.25, -0.2) is 10.9 Å². The number of piperidine rings is 1. The predicted molar refractivity (Wildman–Crippen MR) is 108 cm³/mol. The Hall–Kier alpha value is -2.64. The van der Waals surface area contributed by atoms with Crippen LogP contribution in [0.1, 0.15) is 37.1 Å². The Kier molecular flexibility index (Phi) is 5.97. The summed E-state index contributed by atoms with van der Waals surface area (Å²) < 4.78 is 5.25. The number of furan rings is 1. The molecule has 2 saturated heterocycles. The van der Waals surface area contributed by atoms with E-state index in [1.165, 1.54) is 5.56 Å². The van der Waals surface area contributed by atoms with Gasteiger partial charge in [0.2, 0.25) is 11.8 Å². The monoisotopic (exact) mass is 396 g/mol. The number of nitrogens with one attached hydrogen (secondary N) is 3. The molecule has 1 aromatic carbocycles. The molecule has 3 unspecified atom stereocenters. The van der Waals surface area contributed by atoms with Crippen LogP contribution in [-0.4, -0.2) is 35.8 Å². The Balaban J connectivity index is 1.27. The lowest BCUT2D eigenvalue weighted by molar-refractivity contribution is -0.138. The molecule has 2 amide bonds. The van der Waals surface area contributed by atoms with Crippen LogP contribution in [-0.2, 0) is 16.1 Å². The Labute approximate surface area is 170 Å². The lowest BCUT2D eigenvalue weighted by Crippen LogP contribution is -2.51. The summed E-state index contributed by atoms with van der Waals surface area (Å²) in [6.45, 7) is 3.72. The Morgan fingerprint density at radius 2 is 1.86 bits per heavy atom. The number of hydrogen-bond acceptors (Lipinski definition) is 5. The smallest absolute Gasteiger partial charge is 0.241 e. The number of nitrogens with zero attached hydrogens (tertiary/aromatic N) is 1. The van der Waals surface area contributed by atoms with Crippen molar-refractivity contribution in [1.29, 1.82) is 0 Å². The molecule has 2 aliphatic rings. The summed E-state index contributed by atoms with van der Waals surface area (Å²) in [6.07, 6.45) is 2.97. The summed E-state index contributed by atoms with van der Waals surface area (Å²) in [7, 11) is 0. The van der Waals surface area contributed by atoms with Crippen LogP contribution >= 0.6 is 0 Å². The quantitative estimate of drug-likeness (QED) is 0.720. The standard InChI is InChI=1S/C22H28N4O3/c1-15-19(16-6-3-2-4-7-16)24-25-20(15)22(28)26-11-9-17(10-12-26)21(27)23-14-18-8-5-13-29-18/h2-8,13,15,17,19-20,24-25H,9-12,14H2,1H3,(H,23,27). The van der Waals surface area contributed by atoms with Crippen LogP contribution in [0.3, 0.4) is 0 Å². The second-order valence-electron chi connectivity index (χ2n) is 7.91. The number of carbonyl (C=O) groups is 2. The topological polar surface area (TPSA) is 86.6 Å². The fraction of sp³-hybridized carbons (Fsp3) is 0.455. The summed E-state index contributed by atoms with van der Waals surface area (Å²) in [5, 5.41) is 2.93. The Morgan fingerprint density at radius 3 is 2.55 bits per heavy atom. The molecule has 2 fully saturated rings. The van der Waals surface area contributed by atoms with Crippen molar-refractivity contribution in [1.82, 2.24) is 21.1 Å². The third-order valence-corrected chi connectivity index (χ3v) is 6.07. The van der Waals surface area contributed by atoms with E-state index >= 15 is 0 Å². The molecular weight excluding hydrogens is 368 g/mol. The van der Waals surface area contributed by atoms with Crippen molar-refractivity contribution in [3.63, 3.8) is 0 Å². The van der Waals surface area contributed by atoms with Crippen LogP contribution in [0, 0.1) is 11.8 Å². The zero-order chi connectivity index (χ0) is 20.2. The molecule has 3 heterocycles. The molecule has 7 nitrogen and oxygen atoms in total. The number of hydrogen-bond donors (Lipinski definition) is 3. The van der Waals surface area contributed by atoms with Gasteiger partial charge in [-0.05, 0) is 30.5 Å². The van der Waals surface area contributed by atoms with E-state index in [1.807, 2.05) is 29.2 Å². The van der Waals surface area contributed by atoms with Crippen LogP contribution in [0.5, 0.6) is 0 Å². The van der Waals surface area contributed by atoms with Gasteiger partial charge in [0.1, 0.15) is 11.8 Å². The number of likely N-dealkylation sites (tertiary alicyclic amines) is 1. The van der Waals surface area contributed by atoms with E-state index in [9.17, 15) is 9.59 Å². The van der Waals surface area contributed by atoms with Crippen molar-refractivity contribution < 1.29 is 14.0 Å². The number of rotatable bonds is 5. The number of benzene rings is 1.